The molecule has 0 aliphatic rings. The van der Waals surface area contributed by atoms with E-state index in [1.807, 2.05) is 33.7 Å². The van der Waals surface area contributed by atoms with Crippen molar-refractivity contribution in [2.75, 3.05) is 18.9 Å². The maximum atomic E-state index is 5.99. The molecule has 196 valence electrons. The fraction of sp³-hybridized carbons (Fsp3) is 0.500. The molecule has 4 heterocycles. The second kappa shape index (κ2) is 12.3. The summed E-state index contributed by atoms with van der Waals surface area (Å²) in [5.74, 6) is 0.515. The fourth-order valence-corrected chi connectivity index (χ4v) is 4.99. The van der Waals surface area contributed by atoms with Crippen molar-refractivity contribution in [3.05, 3.63) is 42.3 Å². The molecule has 0 spiro atoms. The van der Waals surface area contributed by atoms with Gasteiger partial charge >= 0.3 is 0 Å². The van der Waals surface area contributed by atoms with Crippen LogP contribution in [0.15, 0.2) is 37.2 Å². The standard InChI is InChI=1S/C12H18ClN3OSi.C12H20N4OSi/c2*1-18(2,3)7-6-17-9-16-5-4-10-11(13)14-8-15-12(10)16/h4-5,8H,6-7,9H2,1-3H3;4-5,8H,6-7,9H2,1-3H3,(H2,13,14,15). The third-order valence-corrected chi connectivity index (χ3v) is 9.26. The number of hydrogen-bond donors (Lipinski definition) is 1. The van der Waals surface area contributed by atoms with Crippen LogP contribution in [0.1, 0.15) is 0 Å². The van der Waals surface area contributed by atoms with Gasteiger partial charge in [0, 0.05) is 41.8 Å². The third kappa shape index (κ3) is 8.37. The molecular weight excluding hydrogens is 510 g/mol. The lowest BCUT2D eigenvalue weighted by molar-refractivity contribution is 0.0898. The molecule has 36 heavy (non-hydrogen) atoms. The van der Waals surface area contributed by atoms with Crippen LogP contribution in [-0.4, -0.2) is 58.4 Å². The van der Waals surface area contributed by atoms with E-state index >= 15 is 0 Å². The minimum absolute atomic E-state index is 0.487. The van der Waals surface area contributed by atoms with Gasteiger partial charge in [-0.1, -0.05) is 50.9 Å². The zero-order valence-electron chi connectivity index (χ0n) is 22.2. The number of anilines is 1. The second-order valence-corrected chi connectivity index (χ2v) is 22.8. The fourth-order valence-electron chi connectivity index (χ4n) is 3.29. The minimum Gasteiger partial charge on any atom is -0.383 e. The van der Waals surface area contributed by atoms with Gasteiger partial charge in [-0.15, -0.1) is 0 Å². The normalized spacial score (nSPS) is 12.2. The zero-order chi connectivity index (χ0) is 26.3. The van der Waals surface area contributed by atoms with Gasteiger partial charge in [-0.3, -0.25) is 0 Å². The van der Waals surface area contributed by atoms with Gasteiger partial charge in [0.05, 0.1) is 10.8 Å². The van der Waals surface area contributed by atoms with Crippen LogP contribution in [0.4, 0.5) is 5.82 Å². The molecular formula is C24H38ClN7O2Si2. The summed E-state index contributed by atoms with van der Waals surface area (Å²) in [6.07, 6.45) is 6.82. The number of nitrogens with two attached hydrogens (primary N) is 1. The average molecular weight is 548 g/mol. The Bertz CT molecular complexity index is 1170. The zero-order valence-corrected chi connectivity index (χ0v) is 24.9. The van der Waals surface area contributed by atoms with Crippen LogP contribution in [0.5, 0.6) is 0 Å². The van der Waals surface area contributed by atoms with E-state index in [9.17, 15) is 0 Å². The Morgan fingerprint density at radius 2 is 1.22 bits per heavy atom. The van der Waals surface area contributed by atoms with Crippen LogP contribution in [-0.2, 0) is 22.9 Å². The van der Waals surface area contributed by atoms with Crippen LogP contribution < -0.4 is 5.73 Å². The molecule has 2 N–H and O–H groups in total. The van der Waals surface area contributed by atoms with Crippen LogP contribution >= 0.6 is 11.6 Å². The van der Waals surface area contributed by atoms with Crippen molar-refractivity contribution in [2.45, 2.75) is 64.8 Å². The summed E-state index contributed by atoms with van der Waals surface area (Å²) in [6, 6.07) is 6.18. The second-order valence-electron chi connectivity index (χ2n) is 11.2. The molecule has 0 aliphatic carbocycles. The minimum atomic E-state index is -1.02. The summed E-state index contributed by atoms with van der Waals surface area (Å²) in [7, 11) is -2.04. The van der Waals surface area contributed by atoms with Crippen molar-refractivity contribution in [3.63, 3.8) is 0 Å². The van der Waals surface area contributed by atoms with E-state index in [2.05, 4.69) is 59.2 Å². The molecule has 0 atom stereocenters. The van der Waals surface area contributed by atoms with Crippen LogP contribution in [0.2, 0.25) is 56.5 Å². The summed E-state index contributed by atoms with van der Waals surface area (Å²) >= 11 is 5.99. The number of aromatic nitrogens is 6. The predicted molar refractivity (Wildman–Crippen MR) is 153 cm³/mol. The molecule has 4 rings (SSSR count). The Hall–Kier alpha value is -2.32. The van der Waals surface area contributed by atoms with Crippen LogP contribution in [0, 0.1) is 0 Å². The lowest BCUT2D eigenvalue weighted by atomic mass is 10.4. The molecule has 0 fully saturated rings. The Morgan fingerprint density at radius 1 is 0.750 bits per heavy atom. The smallest absolute Gasteiger partial charge is 0.147 e. The molecule has 0 radical (unpaired) electrons. The SMILES string of the molecule is C[Si](C)(C)CCOCn1ccc2c(Cl)ncnc21.C[Si](C)(C)CCOCn1ccc2c(N)ncnc21. The van der Waals surface area contributed by atoms with Crippen molar-refractivity contribution >= 4 is 55.6 Å². The first-order valence-electron chi connectivity index (χ1n) is 12.1. The van der Waals surface area contributed by atoms with E-state index in [1.54, 1.807) is 0 Å². The van der Waals surface area contributed by atoms with Gasteiger partial charge in [0.1, 0.15) is 48.4 Å². The molecule has 9 nitrogen and oxygen atoms in total. The maximum Gasteiger partial charge on any atom is 0.147 e. The van der Waals surface area contributed by atoms with Gasteiger partial charge in [-0.25, -0.2) is 19.9 Å². The number of ether oxygens (including phenoxy) is 2. The van der Waals surface area contributed by atoms with E-state index in [-0.39, 0.29) is 0 Å². The lowest BCUT2D eigenvalue weighted by Gasteiger charge is -2.15. The molecule has 0 unspecified atom stereocenters. The average Bonchev–Trinajstić information content (AvgIpc) is 3.39. The largest absolute Gasteiger partial charge is 0.383 e. The topological polar surface area (TPSA) is 106 Å². The predicted octanol–water partition coefficient (Wildman–Crippen LogP) is 5.72. The van der Waals surface area contributed by atoms with E-state index in [0.29, 0.717) is 24.4 Å². The van der Waals surface area contributed by atoms with Crippen molar-refractivity contribution in [1.82, 2.24) is 29.1 Å². The molecule has 0 aliphatic heterocycles. The molecule has 0 amide bonds. The highest BCUT2D eigenvalue weighted by Crippen LogP contribution is 2.20. The Morgan fingerprint density at radius 3 is 1.75 bits per heavy atom. The first kappa shape index (κ1) is 28.3. The highest BCUT2D eigenvalue weighted by atomic mass is 35.5. The van der Waals surface area contributed by atoms with E-state index in [1.165, 1.54) is 24.7 Å². The molecule has 12 heteroatoms. The third-order valence-electron chi connectivity index (χ3n) is 5.55. The van der Waals surface area contributed by atoms with Gasteiger partial charge in [-0.05, 0) is 24.2 Å². The number of fused-ring (bicyclic) bond motifs is 2. The highest BCUT2D eigenvalue weighted by molar-refractivity contribution is 6.76. The molecule has 0 aromatic carbocycles. The van der Waals surface area contributed by atoms with Crippen molar-refractivity contribution in [3.8, 4) is 0 Å². The summed E-state index contributed by atoms with van der Waals surface area (Å²) in [4.78, 5) is 16.4. The van der Waals surface area contributed by atoms with Crippen molar-refractivity contribution in [1.29, 1.82) is 0 Å². The number of rotatable bonds is 10. The molecule has 0 saturated heterocycles. The van der Waals surface area contributed by atoms with Gasteiger partial charge in [0.2, 0.25) is 0 Å². The highest BCUT2D eigenvalue weighted by Gasteiger charge is 2.13. The quantitative estimate of drug-likeness (QED) is 0.154. The first-order valence-corrected chi connectivity index (χ1v) is 19.9. The molecule has 4 aromatic heterocycles. The van der Waals surface area contributed by atoms with Crippen molar-refractivity contribution in [2.24, 2.45) is 0 Å². The van der Waals surface area contributed by atoms with Gasteiger partial charge in [0.25, 0.3) is 0 Å². The first-order chi connectivity index (χ1) is 16.9. The van der Waals surface area contributed by atoms with Gasteiger partial charge in [0.15, 0.2) is 0 Å². The summed E-state index contributed by atoms with van der Waals surface area (Å²) < 4.78 is 15.3. The Labute approximate surface area is 220 Å². The Kier molecular flexibility index (Phi) is 9.64. The molecule has 0 saturated carbocycles. The van der Waals surface area contributed by atoms with Gasteiger partial charge in [-0.2, -0.15) is 0 Å². The summed E-state index contributed by atoms with van der Waals surface area (Å²) in [5, 5.41) is 2.24. The lowest BCUT2D eigenvalue weighted by Crippen LogP contribution is -2.22. The number of halogens is 1. The maximum absolute atomic E-state index is 5.99. The number of nitrogens with zero attached hydrogens (tertiary/aromatic N) is 6. The van der Waals surface area contributed by atoms with Crippen LogP contribution in [0.3, 0.4) is 0 Å². The van der Waals surface area contributed by atoms with E-state index in [0.717, 1.165) is 35.3 Å². The molecule has 4 aromatic rings. The number of hydrogen-bond acceptors (Lipinski definition) is 7. The van der Waals surface area contributed by atoms with Crippen molar-refractivity contribution < 1.29 is 9.47 Å². The Balaban J connectivity index is 0.000000201. The summed E-state index contributed by atoms with van der Waals surface area (Å²) in [6.45, 7) is 16.7. The van der Waals surface area contributed by atoms with E-state index < -0.39 is 16.1 Å². The monoisotopic (exact) mass is 547 g/mol. The molecule has 0 bridgehead atoms. The number of nitrogen functional groups attached to an aromatic ring is 1. The van der Waals surface area contributed by atoms with E-state index in [4.69, 9.17) is 26.8 Å². The summed E-state index contributed by atoms with van der Waals surface area (Å²) in [5.41, 5.74) is 7.43. The van der Waals surface area contributed by atoms with Gasteiger partial charge < -0.3 is 24.3 Å². The van der Waals surface area contributed by atoms with Crippen LogP contribution in [0.25, 0.3) is 22.1 Å².